The van der Waals surface area contributed by atoms with Gasteiger partial charge in [-0.25, -0.2) is 4.52 Å². The van der Waals surface area contributed by atoms with Gasteiger partial charge >= 0.3 is 0 Å². The third kappa shape index (κ3) is 1.56. The molecule has 0 bridgehead atoms. The summed E-state index contributed by atoms with van der Waals surface area (Å²) in [5.74, 6) is 0. The van der Waals surface area contributed by atoms with Gasteiger partial charge in [-0.05, 0) is 12.1 Å². The number of aromatic nitrogens is 4. The van der Waals surface area contributed by atoms with Crippen LogP contribution in [0.5, 0.6) is 0 Å². The minimum Gasteiger partial charge on any atom is -0.318 e. The van der Waals surface area contributed by atoms with Crippen molar-refractivity contribution in [3.63, 3.8) is 0 Å². The van der Waals surface area contributed by atoms with E-state index >= 15 is 0 Å². The second kappa shape index (κ2) is 3.76. The molecule has 0 atom stereocenters. The van der Waals surface area contributed by atoms with E-state index in [0.717, 1.165) is 17.0 Å². The Morgan fingerprint density at radius 1 is 1.24 bits per heavy atom. The van der Waals surface area contributed by atoms with Crippen molar-refractivity contribution in [1.82, 2.24) is 19.2 Å². The summed E-state index contributed by atoms with van der Waals surface area (Å²) < 4.78 is 3.60. The van der Waals surface area contributed by atoms with Crippen LogP contribution in [0.3, 0.4) is 0 Å². The number of imidazole rings is 1. The lowest BCUT2D eigenvalue weighted by atomic mass is 10.3. The Bertz CT molecular complexity index is 687. The number of nitriles is 1. The van der Waals surface area contributed by atoms with Crippen molar-refractivity contribution in [3.8, 4) is 17.5 Å². The SMILES string of the molecule is N#CCn1ccn2nc(-c3ccccn3)cc12. The quantitative estimate of drug-likeness (QED) is 0.664. The molecular weight excluding hydrogens is 214 g/mol. The van der Waals surface area contributed by atoms with Crippen molar-refractivity contribution < 1.29 is 0 Å². The van der Waals surface area contributed by atoms with Crippen molar-refractivity contribution in [3.05, 3.63) is 42.9 Å². The normalized spacial score (nSPS) is 10.5. The van der Waals surface area contributed by atoms with Crippen LogP contribution < -0.4 is 0 Å². The van der Waals surface area contributed by atoms with Gasteiger partial charge in [0.2, 0.25) is 0 Å². The standard InChI is InChI=1S/C12H9N5/c13-4-6-16-7-8-17-12(16)9-11(15-17)10-3-1-2-5-14-10/h1-3,5,7-9H,6H2. The summed E-state index contributed by atoms with van der Waals surface area (Å²) in [6.07, 6.45) is 5.41. The maximum absolute atomic E-state index is 8.71. The van der Waals surface area contributed by atoms with Crippen LogP contribution in [-0.4, -0.2) is 19.2 Å². The lowest BCUT2D eigenvalue weighted by Crippen LogP contribution is -1.92. The predicted molar refractivity (Wildman–Crippen MR) is 62.0 cm³/mol. The lowest BCUT2D eigenvalue weighted by molar-refractivity contribution is 0.859. The van der Waals surface area contributed by atoms with Gasteiger partial charge in [-0.1, -0.05) is 6.07 Å². The fraction of sp³-hybridized carbons (Fsp3) is 0.0833. The zero-order valence-corrected chi connectivity index (χ0v) is 8.98. The summed E-state index contributed by atoms with van der Waals surface area (Å²) in [5, 5.41) is 13.1. The largest absolute Gasteiger partial charge is 0.318 e. The molecule has 0 fully saturated rings. The Morgan fingerprint density at radius 2 is 2.18 bits per heavy atom. The summed E-state index contributed by atoms with van der Waals surface area (Å²) in [6.45, 7) is 0.323. The highest BCUT2D eigenvalue weighted by Crippen LogP contribution is 2.17. The van der Waals surface area contributed by atoms with Gasteiger partial charge in [-0.15, -0.1) is 0 Å². The molecular formula is C12H9N5. The molecule has 0 amide bonds. The van der Waals surface area contributed by atoms with E-state index in [2.05, 4.69) is 16.2 Å². The van der Waals surface area contributed by atoms with E-state index in [9.17, 15) is 0 Å². The number of rotatable bonds is 2. The zero-order chi connectivity index (χ0) is 11.7. The van der Waals surface area contributed by atoms with Gasteiger partial charge in [0.15, 0.2) is 0 Å². The summed E-state index contributed by atoms with van der Waals surface area (Å²) >= 11 is 0. The van der Waals surface area contributed by atoms with Gasteiger partial charge < -0.3 is 4.57 Å². The Kier molecular flexibility index (Phi) is 2.12. The molecule has 0 N–H and O–H groups in total. The Morgan fingerprint density at radius 3 is 2.94 bits per heavy atom. The molecule has 5 heteroatoms. The van der Waals surface area contributed by atoms with Crippen LogP contribution >= 0.6 is 0 Å². The molecule has 0 aromatic carbocycles. The van der Waals surface area contributed by atoms with Crippen molar-refractivity contribution in [2.24, 2.45) is 0 Å². The fourth-order valence-electron chi connectivity index (χ4n) is 1.78. The summed E-state index contributed by atoms with van der Waals surface area (Å²) in [7, 11) is 0. The second-order valence-corrected chi connectivity index (χ2v) is 3.63. The summed E-state index contributed by atoms with van der Waals surface area (Å²) in [4.78, 5) is 4.25. The number of hydrogen-bond acceptors (Lipinski definition) is 3. The first-order chi connectivity index (χ1) is 8.38. The molecule has 3 aromatic rings. The van der Waals surface area contributed by atoms with Crippen LogP contribution in [0.4, 0.5) is 0 Å². The highest BCUT2D eigenvalue weighted by molar-refractivity contribution is 5.60. The first-order valence-electron chi connectivity index (χ1n) is 5.21. The lowest BCUT2D eigenvalue weighted by Gasteiger charge is -1.93. The zero-order valence-electron chi connectivity index (χ0n) is 8.98. The van der Waals surface area contributed by atoms with Crippen LogP contribution in [0, 0.1) is 11.3 Å². The fourth-order valence-corrected chi connectivity index (χ4v) is 1.78. The average Bonchev–Trinajstić information content (AvgIpc) is 2.93. The molecule has 0 saturated carbocycles. The molecule has 17 heavy (non-hydrogen) atoms. The molecule has 0 radical (unpaired) electrons. The monoisotopic (exact) mass is 223 g/mol. The molecule has 3 heterocycles. The first kappa shape index (κ1) is 9.60. The molecule has 0 saturated heterocycles. The van der Waals surface area contributed by atoms with Gasteiger partial charge in [0.1, 0.15) is 17.9 Å². The van der Waals surface area contributed by atoms with E-state index in [-0.39, 0.29) is 0 Å². The van der Waals surface area contributed by atoms with Crippen LogP contribution in [0.2, 0.25) is 0 Å². The average molecular weight is 223 g/mol. The van der Waals surface area contributed by atoms with Gasteiger partial charge in [0.25, 0.3) is 0 Å². The van der Waals surface area contributed by atoms with E-state index in [1.165, 1.54) is 0 Å². The van der Waals surface area contributed by atoms with E-state index in [0.29, 0.717) is 6.54 Å². The minimum absolute atomic E-state index is 0.323. The van der Waals surface area contributed by atoms with Crippen LogP contribution in [0.1, 0.15) is 0 Å². The van der Waals surface area contributed by atoms with Gasteiger partial charge in [0, 0.05) is 24.7 Å². The third-order valence-corrected chi connectivity index (χ3v) is 2.57. The molecule has 0 aliphatic rings. The Balaban J connectivity index is 2.12. The van der Waals surface area contributed by atoms with Crippen LogP contribution in [-0.2, 0) is 6.54 Å². The summed E-state index contributed by atoms with van der Waals surface area (Å²) in [6, 6.07) is 9.76. The smallest absolute Gasteiger partial charge is 0.137 e. The van der Waals surface area contributed by atoms with E-state index < -0.39 is 0 Å². The highest BCUT2D eigenvalue weighted by Gasteiger charge is 2.08. The molecule has 3 aromatic heterocycles. The topological polar surface area (TPSA) is 58.9 Å². The highest BCUT2D eigenvalue weighted by atomic mass is 15.3. The van der Waals surface area contributed by atoms with Crippen molar-refractivity contribution in [2.45, 2.75) is 6.54 Å². The van der Waals surface area contributed by atoms with Crippen LogP contribution in [0.25, 0.3) is 17.0 Å². The van der Waals surface area contributed by atoms with Crippen molar-refractivity contribution >= 4 is 5.65 Å². The Labute approximate surface area is 97.6 Å². The molecule has 82 valence electrons. The molecule has 0 spiro atoms. The van der Waals surface area contributed by atoms with E-state index in [1.807, 2.05) is 41.2 Å². The number of nitrogens with zero attached hydrogens (tertiary/aromatic N) is 5. The van der Waals surface area contributed by atoms with E-state index in [1.54, 1.807) is 10.7 Å². The van der Waals surface area contributed by atoms with Crippen LogP contribution in [0.15, 0.2) is 42.9 Å². The van der Waals surface area contributed by atoms with Gasteiger partial charge in [-0.2, -0.15) is 10.4 Å². The maximum atomic E-state index is 8.71. The molecule has 5 nitrogen and oxygen atoms in total. The second-order valence-electron chi connectivity index (χ2n) is 3.63. The minimum atomic E-state index is 0.323. The number of hydrogen-bond donors (Lipinski definition) is 0. The van der Waals surface area contributed by atoms with Crippen molar-refractivity contribution in [2.75, 3.05) is 0 Å². The summed E-state index contributed by atoms with van der Waals surface area (Å²) in [5.41, 5.74) is 2.54. The van der Waals surface area contributed by atoms with Gasteiger partial charge in [0.05, 0.1) is 11.8 Å². The Hall–Kier alpha value is -2.61. The number of fused-ring (bicyclic) bond motifs is 1. The van der Waals surface area contributed by atoms with Gasteiger partial charge in [-0.3, -0.25) is 4.98 Å². The first-order valence-corrected chi connectivity index (χ1v) is 5.21. The predicted octanol–water partition coefficient (Wildman–Crippen LogP) is 1.72. The molecule has 0 aliphatic heterocycles. The molecule has 0 unspecified atom stereocenters. The van der Waals surface area contributed by atoms with E-state index in [4.69, 9.17) is 5.26 Å². The number of pyridine rings is 1. The van der Waals surface area contributed by atoms with Crippen molar-refractivity contribution in [1.29, 1.82) is 5.26 Å². The molecule has 3 rings (SSSR count). The molecule has 0 aliphatic carbocycles. The third-order valence-electron chi connectivity index (χ3n) is 2.57. The maximum Gasteiger partial charge on any atom is 0.137 e.